The third-order valence-corrected chi connectivity index (χ3v) is 3.78. The minimum atomic E-state index is -0.289. The third-order valence-electron chi connectivity index (χ3n) is 3.17. The summed E-state index contributed by atoms with van der Waals surface area (Å²) >= 11 is 3.18. The zero-order valence-electron chi connectivity index (χ0n) is 11.7. The lowest BCUT2D eigenvalue weighted by Gasteiger charge is -2.15. The van der Waals surface area contributed by atoms with E-state index in [4.69, 9.17) is 0 Å². The molecule has 0 amide bonds. The molecule has 1 aromatic carbocycles. The summed E-state index contributed by atoms with van der Waals surface area (Å²) in [7, 11) is 0. The first kappa shape index (κ1) is 15.1. The van der Waals surface area contributed by atoms with E-state index in [2.05, 4.69) is 45.1 Å². The SMILES string of the molecule is CCNC(C)c1cnc(-c2ccc(F)c(Br)c2)nc1C. The highest BCUT2D eigenvalue weighted by Gasteiger charge is 2.11. The number of aromatic nitrogens is 2. The second-order valence-corrected chi connectivity index (χ2v) is 5.50. The molecule has 0 aliphatic rings. The first-order valence-electron chi connectivity index (χ1n) is 6.55. The highest BCUT2D eigenvalue weighted by Crippen LogP contribution is 2.24. The average molecular weight is 338 g/mol. The number of nitrogens with zero attached hydrogens (tertiary/aromatic N) is 2. The van der Waals surface area contributed by atoms with Crippen molar-refractivity contribution in [2.75, 3.05) is 6.54 Å². The molecule has 106 valence electrons. The molecule has 2 rings (SSSR count). The summed E-state index contributed by atoms with van der Waals surface area (Å²) in [5.74, 6) is 0.318. The van der Waals surface area contributed by atoms with Gasteiger partial charge < -0.3 is 5.32 Å². The number of hydrogen-bond donors (Lipinski definition) is 1. The summed E-state index contributed by atoms with van der Waals surface area (Å²) in [6.07, 6.45) is 1.84. The fraction of sp³-hybridized carbons (Fsp3) is 0.333. The highest BCUT2D eigenvalue weighted by molar-refractivity contribution is 9.10. The Morgan fingerprint density at radius 2 is 2.15 bits per heavy atom. The third kappa shape index (κ3) is 3.22. The molecular weight excluding hydrogens is 321 g/mol. The lowest BCUT2D eigenvalue weighted by molar-refractivity contribution is 0.590. The van der Waals surface area contributed by atoms with E-state index in [0.29, 0.717) is 10.3 Å². The van der Waals surface area contributed by atoms with Crippen LogP contribution in [-0.4, -0.2) is 16.5 Å². The highest BCUT2D eigenvalue weighted by atomic mass is 79.9. The van der Waals surface area contributed by atoms with Crippen LogP contribution in [0, 0.1) is 12.7 Å². The van der Waals surface area contributed by atoms with Gasteiger partial charge >= 0.3 is 0 Å². The van der Waals surface area contributed by atoms with Gasteiger partial charge in [0.15, 0.2) is 5.82 Å². The van der Waals surface area contributed by atoms with Gasteiger partial charge in [0.05, 0.1) is 4.47 Å². The zero-order chi connectivity index (χ0) is 14.7. The van der Waals surface area contributed by atoms with Crippen LogP contribution in [0.5, 0.6) is 0 Å². The monoisotopic (exact) mass is 337 g/mol. The second kappa shape index (κ2) is 6.41. The molecule has 1 aromatic heterocycles. The summed E-state index contributed by atoms with van der Waals surface area (Å²) in [4.78, 5) is 8.91. The van der Waals surface area contributed by atoms with E-state index in [1.54, 1.807) is 12.1 Å². The molecule has 2 aromatic rings. The van der Waals surface area contributed by atoms with Crippen LogP contribution >= 0.6 is 15.9 Å². The summed E-state index contributed by atoms with van der Waals surface area (Å²) in [5, 5.41) is 3.34. The Kier molecular flexibility index (Phi) is 4.83. The summed E-state index contributed by atoms with van der Waals surface area (Å²) < 4.78 is 13.7. The van der Waals surface area contributed by atoms with Crippen LogP contribution < -0.4 is 5.32 Å². The van der Waals surface area contributed by atoms with Crippen molar-refractivity contribution in [3.05, 3.63) is 45.9 Å². The van der Waals surface area contributed by atoms with E-state index in [1.165, 1.54) is 6.07 Å². The molecule has 0 spiro atoms. The van der Waals surface area contributed by atoms with E-state index in [1.807, 2.05) is 13.1 Å². The predicted molar refractivity (Wildman–Crippen MR) is 82.0 cm³/mol. The van der Waals surface area contributed by atoms with Crippen LogP contribution in [0.3, 0.4) is 0 Å². The Hall–Kier alpha value is -1.33. The van der Waals surface area contributed by atoms with Crippen molar-refractivity contribution in [1.29, 1.82) is 0 Å². The molecule has 3 nitrogen and oxygen atoms in total. The van der Waals surface area contributed by atoms with Crippen molar-refractivity contribution in [2.45, 2.75) is 26.8 Å². The maximum atomic E-state index is 13.3. The number of rotatable bonds is 4. The zero-order valence-corrected chi connectivity index (χ0v) is 13.3. The second-order valence-electron chi connectivity index (χ2n) is 4.64. The van der Waals surface area contributed by atoms with Crippen LogP contribution in [-0.2, 0) is 0 Å². The fourth-order valence-electron chi connectivity index (χ4n) is 2.09. The van der Waals surface area contributed by atoms with E-state index in [9.17, 15) is 4.39 Å². The number of benzene rings is 1. The summed E-state index contributed by atoms with van der Waals surface area (Å²) in [6.45, 7) is 7.01. The van der Waals surface area contributed by atoms with Gasteiger partial charge in [0.25, 0.3) is 0 Å². The van der Waals surface area contributed by atoms with E-state index in [-0.39, 0.29) is 11.9 Å². The van der Waals surface area contributed by atoms with Gasteiger partial charge in [-0.25, -0.2) is 14.4 Å². The van der Waals surface area contributed by atoms with Gasteiger partial charge in [-0.2, -0.15) is 0 Å². The fourth-order valence-corrected chi connectivity index (χ4v) is 2.47. The normalized spacial score (nSPS) is 12.4. The van der Waals surface area contributed by atoms with Crippen molar-refractivity contribution < 1.29 is 4.39 Å². The smallest absolute Gasteiger partial charge is 0.159 e. The van der Waals surface area contributed by atoms with Crippen LogP contribution in [0.25, 0.3) is 11.4 Å². The Morgan fingerprint density at radius 1 is 1.40 bits per heavy atom. The molecule has 1 heterocycles. The molecule has 0 aliphatic heterocycles. The first-order valence-corrected chi connectivity index (χ1v) is 7.34. The minimum Gasteiger partial charge on any atom is -0.310 e. The molecule has 0 fully saturated rings. The molecule has 20 heavy (non-hydrogen) atoms. The molecule has 1 unspecified atom stereocenters. The van der Waals surface area contributed by atoms with Gasteiger partial charge in [0, 0.05) is 29.1 Å². The quantitative estimate of drug-likeness (QED) is 0.915. The van der Waals surface area contributed by atoms with Gasteiger partial charge in [-0.3, -0.25) is 0 Å². The maximum Gasteiger partial charge on any atom is 0.159 e. The van der Waals surface area contributed by atoms with Crippen molar-refractivity contribution in [1.82, 2.24) is 15.3 Å². The Bertz CT molecular complexity index is 616. The van der Waals surface area contributed by atoms with Crippen molar-refractivity contribution in [3.63, 3.8) is 0 Å². The molecule has 5 heteroatoms. The maximum absolute atomic E-state index is 13.3. The molecule has 1 N–H and O–H groups in total. The molecule has 1 atom stereocenters. The van der Waals surface area contributed by atoms with Gasteiger partial charge in [-0.05, 0) is 54.5 Å². The lowest BCUT2D eigenvalue weighted by atomic mass is 10.1. The van der Waals surface area contributed by atoms with Crippen LogP contribution in [0.4, 0.5) is 4.39 Å². The van der Waals surface area contributed by atoms with Gasteiger partial charge in [0.1, 0.15) is 5.82 Å². The average Bonchev–Trinajstić information content (AvgIpc) is 2.42. The van der Waals surface area contributed by atoms with Crippen LogP contribution in [0.15, 0.2) is 28.9 Å². The van der Waals surface area contributed by atoms with Crippen LogP contribution in [0.1, 0.15) is 31.1 Å². The van der Waals surface area contributed by atoms with Crippen molar-refractivity contribution >= 4 is 15.9 Å². The number of aryl methyl sites for hydroxylation is 1. The van der Waals surface area contributed by atoms with Gasteiger partial charge in [0.2, 0.25) is 0 Å². The number of nitrogens with one attached hydrogen (secondary N) is 1. The lowest BCUT2D eigenvalue weighted by Crippen LogP contribution is -2.19. The van der Waals surface area contributed by atoms with Crippen LogP contribution in [0.2, 0.25) is 0 Å². The topological polar surface area (TPSA) is 37.8 Å². The number of halogens is 2. The van der Waals surface area contributed by atoms with E-state index in [0.717, 1.165) is 23.4 Å². The van der Waals surface area contributed by atoms with Crippen molar-refractivity contribution in [2.24, 2.45) is 0 Å². The summed E-state index contributed by atoms with van der Waals surface area (Å²) in [5.41, 5.74) is 2.81. The predicted octanol–water partition coefficient (Wildman–Crippen LogP) is 4.02. The van der Waals surface area contributed by atoms with E-state index >= 15 is 0 Å². The molecule has 0 bridgehead atoms. The Morgan fingerprint density at radius 3 is 2.75 bits per heavy atom. The molecule has 0 radical (unpaired) electrons. The largest absolute Gasteiger partial charge is 0.310 e. The minimum absolute atomic E-state index is 0.217. The van der Waals surface area contributed by atoms with Gasteiger partial charge in [-0.1, -0.05) is 6.92 Å². The first-order chi connectivity index (χ1) is 9.52. The molecular formula is C15H17BrFN3. The standard InChI is InChI=1S/C15H17BrFN3/c1-4-18-9(2)12-8-19-15(20-10(12)3)11-5-6-14(17)13(16)7-11/h5-9,18H,4H2,1-3H3. The Balaban J connectivity index is 2.35. The van der Waals surface area contributed by atoms with Gasteiger partial charge in [-0.15, -0.1) is 0 Å². The number of hydrogen-bond acceptors (Lipinski definition) is 3. The van der Waals surface area contributed by atoms with E-state index < -0.39 is 0 Å². The molecule has 0 saturated carbocycles. The molecule has 0 saturated heterocycles. The summed E-state index contributed by atoms with van der Waals surface area (Å²) in [6, 6.07) is 5.00. The van der Waals surface area contributed by atoms with Crippen molar-refractivity contribution in [3.8, 4) is 11.4 Å². The molecule has 0 aliphatic carbocycles. The Labute approximate surface area is 126 Å².